The van der Waals surface area contributed by atoms with Crippen LogP contribution in [0.15, 0.2) is 18.2 Å². The van der Waals surface area contributed by atoms with Gasteiger partial charge in [-0.05, 0) is 60.8 Å². The number of hydrogen-bond acceptors (Lipinski definition) is 2. The van der Waals surface area contributed by atoms with Gasteiger partial charge in [0.1, 0.15) is 11.6 Å². The molecule has 128 valence electrons. The van der Waals surface area contributed by atoms with Crippen LogP contribution in [0.5, 0.6) is 0 Å². The first kappa shape index (κ1) is 17.9. The molecule has 0 spiro atoms. The summed E-state index contributed by atoms with van der Waals surface area (Å²) in [6, 6.07) is 3.38. The van der Waals surface area contributed by atoms with Crippen LogP contribution in [0.2, 0.25) is 0 Å². The first-order chi connectivity index (χ1) is 11.0. The van der Waals surface area contributed by atoms with E-state index in [0.717, 1.165) is 25.0 Å². The summed E-state index contributed by atoms with van der Waals surface area (Å²) in [7, 11) is 0. The molecule has 0 aliphatic heterocycles. The fourth-order valence-electron chi connectivity index (χ4n) is 3.21. The van der Waals surface area contributed by atoms with Crippen molar-refractivity contribution in [2.75, 3.05) is 13.2 Å². The van der Waals surface area contributed by atoms with Crippen molar-refractivity contribution in [3.63, 3.8) is 0 Å². The van der Waals surface area contributed by atoms with E-state index in [9.17, 15) is 18.7 Å². The van der Waals surface area contributed by atoms with Crippen LogP contribution < -0.4 is 5.32 Å². The van der Waals surface area contributed by atoms with Gasteiger partial charge in [0.25, 0.3) is 0 Å². The lowest BCUT2D eigenvalue weighted by Crippen LogP contribution is -2.38. The first-order valence-corrected chi connectivity index (χ1v) is 8.30. The van der Waals surface area contributed by atoms with E-state index >= 15 is 0 Å². The number of nitrogens with one attached hydrogen (secondary N) is 1. The molecular formula is C18H25F2NO2. The molecule has 1 aliphatic carbocycles. The number of aliphatic hydroxyl groups is 1. The molecule has 23 heavy (non-hydrogen) atoms. The van der Waals surface area contributed by atoms with Crippen molar-refractivity contribution in [3.05, 3.63) is 35.4 Å². The third-order valence-electron chi connectivity index (χ3n) is 5.26. The summed E-state index contributed by atoms with van der Waals surface area (Å²) in [5, 5.41) is 12.1. The maximum Gasteiger partial charge on any atom is 0.223 e. The van der Waals surface area contributed by atoms with Crippen molar-refractivity contribution in [1.82, 2.24) is 5.32 Å². The number of rotatable bonds is 8. The van der Waals surface area contributed by atoms with E-state index in [4.69, 9.17) is 0 Å². The van der Waals surface area contributed by atoms with Gasteiger partial charge in [-0.2, -0.15) is 0 Å². The normalized spacial score (nSPS) is 20.4. The van der Waals surface area contributed by atoms with Gasteiger partial charge < -0.3 is 10.4 Å². The lowest BCUT2D eigenvalue weighted by molar-refractivity contribution is -0.123. The van der Waals surface area contributed by atoms with Gasteiger partial charge >= 0.3 is 0 Å². The number of halogens is 2. The topological polar surface area (TPSA) is 49.3 Å². The van der Waals surface area contributed by atoms with Crippen LogP contribution in [-0.4, -0.2) is 24.2 Å². The molecule has 2 N–H and O–H groups in total. The Morgan fingerprint density at radius 2 is 2.04 bits per heavy atom. The Balaban J connectivity index is 1.94. The number of carbonyl (C=O) groups is 1. The SMILES string of the molecule is CCC(CC)(CCO)CNC(=O)C1CC1c1cc(F)ccc1F. The molecule has 0 heterocycles. The third-order valence-corrected chi connectivity index (χ3v) is 5.26. The largest absolute Gasteiger partial charge is 0.396 e. The van der Waals surface area contributed by atoms with Crippen LogP contribution in [0.1, 0.15) is 51.0 Å². The van der Waals surface area contributed by atoms with Gasteiger partial charge in [-0.25, -0.2) is 8.78 Å². The van der Waals surface area contributed by atoms with Gasteiger partial charge in [0.15, 0.2) is 0 Å². The van der Waals surface area contributed by atoms with E-state index in [1.54, 1.807) is 0 Å². The minimum absolute atomic E-state index is 0.0953. The smallest absolute Gasteiger partial charge is 0.223 e. The Bertz CT molecular complexity index is 558. The molecule has 2 rings (SSSR count). The summed E-state index contributed by atoms with van der Waals surface area (Å²) in [6.45, 7) is 4.70. The van der Waals surface area contributed by atoms with Crippen molar-refractivity contribution in [3.8, 4) is 0 Å². The van der Waals surface area contributed by atoms with Gasteiger partial charge in [-0.3, -0.25) is 4.79 Å². The molecule has 3 nitrogen and oxygen atoms in total. The highest BCUT2D eigenvalue weighted by Crippen LogP contribution is 2.48. The predicted octanol–water partition coefficient (Wildman–Crippen LogP) is 3.37. The van der Waals surface area contributed by atoms with Gasteiger partial charge in [0, 0.05) is 19.1 Å². The lowest BCUT2D eigenvalue weighted by Gasteiger charge is -2.31. The first-order valence-electron chi connectivity index (χ1n) is 8.30. The molecule has 1 aromatic carbocycles. The van der Waals surface area contributed by atoms with Gasteiger partial charge in [-0.15, -0.1) is 0 Å². The molecule has 5 heteroatoms. The zero-order valence-corrected chi connectivity index (χ0v) is 13.7. The Morgan fingerprint density at radius 1 is 1.35 bits per heavy atom. The molecule has 1 aliphatic rings. The summed E-state index contributed by atoms with van der Waals surface area (Å²) in [6.07, 6.45) is 2.94. The van der Waals surface area contributed by atoms with Gasteiger partial charge in [0.05, 0.1) is 0 Å². The van der Waals surface area contributed by atoms with Crippen LogP contribution >= 0.6 is 0 Å². The quantitative estimate of drug-likeness (QED) is 0.770. The summed E-state index contributed by atoms with van der Waals surface area (Å²) < 4.78 is 27.0. The van der Waals surface area contributed by atoms with Crippen LogP contribution in [0.25, 0.3) is 0 Å². The monoisotopic (exact) mass is 325 g/mol. The van der Waals surface area contributed by atoms with E-state index in [1.807, 2.05) is 13.8 Å². The van der Waals surface area contributed by atoms with Crippen LogP contribution in [0.4, 0.5) is 8.78 Å². The summed E-state index contributed by atoms with van der Waals surface area (Å²) in [5.74, 6) is -1.56. The zero-order valence-electron chi connectivity index (χ0n) is 13.7. The molecule has 0 saturated heterocycles. The summed E-state index contributed by atoms with van der Waals surface area (Å²) >= 11 is 0. The second-order valence-electron chi connectivity index (χ2n) is 6.51. The minimum atomic E-state index is -0.480. The molecule has 1 amide bonds. The lowest BCUT2D eigenvalue weighted by atomic mass is 9.79. The maximum atomic E-state index is 13.8. The Hall–Kier alpha value is -1.49. The summed E-state index contributed by atoms with van der Waals surface area (Å²) in [4.78, 5) is 12.3. The number of carbonyl (C=O) groups excluding carboxylic acids is 1. The Labute approximate surface area is 136 Å². The second kappa shape index (κ2) is 7.39. The highest BCUT2D eigenvalue weighted by molar-refractivity contribution is 5.82. The Kier molecular flexibility index (Phi) is 5.74. The van der Waals surface area contributed by atoms with E-state index in [2.05, 4.69) is 5.32 Å². The van der Waals surface area contributed by atoms with E-state index in [0.29, 0.717) is 19.4 Å². The molecular weight excluding hydrogens is 300 g/mol. The predicted molar refractivity (Wildman–Crippen MR) is 84.9 cm³/mol. The van der Waals surface area contributed by atoms with Crippen molar-refractivity contribution in [2.45, 2.75) is 45.4 Å². The van der Waals surface area contributed by atoms with E-state index in [1.165, 1.54) is 6.07 Å². The van der Waals surface area contributed by atoms with Crippen molar-refractivity contribution in [1.29, 1.82) is 0 Å². The number of aliphatic hydroxyl groups excluding tert-OH is 1. The molecule has 1 fully saturated rings. The standard InChI is InChI=1S/C18H25F2NO2/c1-3-18(4-2,7-8-22)11-21-17(23)15-10-13(15)14-9-12(19)5-6-16(14)20/h5-6,9,13,15,22H,3-4,7-8,10-11H2,1-2H3,(H,21,23). The molecule has 0 aromatic heterocycles. The Morgan fingerprint density at radius 3 is 2.65 bits per heavy atom. The van der Waals surface area contributed by atoms with Gasteiger partial charge in [0.2, 0.25) is 5.91 Å². The van der Waals surface area contributed by atoms with Crippen LogP contribution in [0.3, 0.4) is 0 Å². The average Bonchev–Trinajstić information content (AvgIpc) is 3.34. The zero-order chi connectivity index (χ0) is 17.0. The minimum Gasteiger partial charge on any atom is -0.396 e. The second-order valence-corrected chi connectivity index (χ2v) is 6.51. The maximum absolute atomic E-state index is 13.8. The highest BCUT2D eigenvalue weighted by Gasteiger charge is 2.45. The van der Waals surface area contributed by atoms with Crippen molar-refractivity contribution >= 4 is 5.91 Å². The summed E-state index contributed by atoms with van der Waals surface area (Å²) in [5.41, 5.74) is 0.191. The highest BCUT2D eigenvalue weighted by atomic mass is 19.1. The molecule has 1 saturated carbocycles. The van der Waals surface area contributed by atoms with Gasteiger partial charge in [-0.1, -0.05) is 13.8 Å². The molecule has 0 radical (unpaired) electrons. The number of benzene rings is 1. The van der Waals surface area contributed by atoms with Crippen LogP contribution in [0, 0.1) is 23.0 Å². The van der Waals surface area contributed by atoms with Crippen molar-refractivity contribution in [2.24, 2.45) is 11.3 Å². The molecule has 2 unspecified atom stereocenters. The third kappa shape index (κ3) is 4.08. The molecule has 0 bridgehead atoms. The van der Waals surface area contributed by atoms with Crippen LogP contribution in [-0.2, 0) is 4.79 Å². The fraction of sp³-hybridized carbons (Fsp3) is 0.611. The number of amides is 1. The van der Waals surface area contributed by atoms with Crippen molar-refractivity contribution < 1.29 is 18.7 Å². The molecule has 1 aromatic rings. The van der Waals surface area contributed by atoms with E-state index < -0.39 is 11.6 Å². The average molecular weight is 325 g/mol. The molecule has 2 atom stereocenters. The number of hydrogen-bond donors (Lipinski definition) is 2. The van der Waals surface area contributed by atoms with E-state index in [-0.39, 0.29) is 35.3 Å². The fourth-order valence-corrected chi connectivity index (χ4v) is 3.21.